The van der Waals surface area contributed by atoms with Crippen LogP contribution >= 0.6 is 23.8 Å². The van der Waals surface area contributed by atoms with Crippen LogP contribution in [-0.2, 0) is 0 Å². The van der Waals surface area contributed by atoms with Crippen molar-refractivity contribution in [3.8, 4) is 11.5 Å². The maximum Gasteiger partial charge on any atom is 0.216 e. The van der Waals surface area contributed by atoms with Gasteiger partial charge in [-0.2, -0.15) is 14.9 Å². The molecule has 0 unspecified atom stereocenters. The molecule has 1 heterocycles. The van der Waals surface area contributed by atoms with E-state index in [2.05, 4.69) is 15.3 Å². The SMILES string of the molecule is CCOc1cc(/C=N\n2c(C3CCCCC3)n[nH]c2=S)cc(Cl)c1OC. The van der Waals surface area contributed by atoms with Gasteiger partial charge in [-0.1, -0.05) is 30.9 Å². The molecule has 0 spiro atoms. The second-order valence-electron chi connectivity index (χ2n) is 6.25. The van der Waals surface area contributed by atoms with E-state index in [0.29, 0.717) is 33.8 Å². The summed E-state index contributed by atoms with van der Waals surface area (Å²) in [7, 11) is 1.57. The summed E-state index contributed by atoms with van der Waals surface area (Å²) in [4.78, 5) is 0. The number of benzene rings is 1. The summed E-state index contributed by atoms with van der Waals surface area (Å²) >= 11 is 11.7. The lowest BCUT2D eigenvalue weighted by Gasteiger charge is -2.19. The van der Waals surface area contributed by atoms with Gasteiger partial charge in [0.1, 0.15) is 0 Å². The Morgan fingerprint density at radius 3 is 2.85 bits per heavy atom. The number of nitrogens with zero attached hydrogens (tertiary/aromatic N) is 3. The first-order chi connectivity index (χ1) is 12.6. The second-order valence-corrected chi connectivity index (χ2v) is 7.04. The largest absolute Gasteiger partial charge is 0.491 e. The monoisotopic (exact) mass is 394 g/mol. The summed E-state index contributed by atoms with van der Waals surface area (Å²) in [5.41, 5.74) is 0.803. The first-order valence-corrected chi connectivity index (χ1v) is 9.64. The summed E-state index contributed by atoms with van der Waals surface area (Å²) < 4.78 is 13.1. The number of aromatic nitrogens is 3. The van der Waals surface area contributed by atoms with Gasteiger partial charge < -0.3 is 9.47 Å². The van der Waals surface area contributed by atoms with E-state index in [4.69, 9.17) is 33.3 Å². The maximum atomic E-state index is 6.30. The van der Waals surface area contributed by atoms with E-state index in [0.717, 1.165) is 24.2 Å². The van der Waals surface area contributed by atoms with E-state index in [1.807, 2.05) is 13.0 Å². The van der Waals surface area contributed by atoms with Crippen molar-refractivity contribution in [2.75, 3.05) is 13.7 Å². The normalized spacial score (nSPS) is 15.5. The Morgan fingerprint density at radius 1 is 1.38 bits per heavy atom. The third-order valence-electron chi connectivity index (χ3n) is 4.50. The molecule has 3 rings (SSSR count). The standard InChI is InChI=1S/C18H23ClN4O2S/c1-3-25-15-10-12(9-14(19)16(15)24-2)11-20-23-17(21-22-18(23)26)13-7-5-4-6-8-13/h9-11,13H,3-8H2,1-2H3,(H,22,26)/b20-11-. The summed E-state index contributed by atoms with van der Waals surface area (Å²) in [5, 5.41) is 12.3. The van der Waals surface area contributed by atoms with Gasteiger partial charge in [0.2, 0.25) is 4.77 Å². The minimum Gasteiger partial charge on any atom is -0.491 e. The average molecular weight is 395 g/mol. The fraction of sp³-hybridized carbons (Fsp3) is 0.500. The van der Waals surface area contributed by atoms with Crippen LogP contribution in [0.3, 0.4) is 0 Å². The molecule has 0 atom stereocenters. The number of nitrogens with one attached hydrogen (secondary N) is 1. The van der Waals surface area contributed by atoms with Gasteiger partial charge >= 0.3 is 0 Å². The predicted molar refractivity (Wildman–Crippen MR) is 105 cm³/mol. The summed E-state index contributed by atoms with van der Waals surface area (Å²) in [6, 6.07) is 3.64. The van der Waals surface area contributed by atoms with Crippen LogP contribution in [0.15, 0.2) is 17.2 Å². The molecule has 0 radical (unpaired) electrons. The number of rotatable bonds is 6. The average Bonchev–Trinajstić information content (AvgIpc) is 3.01. The van der Waals surface area contributed by atoms with Gasteiger partial charge in [-0.3, -0.25) is 5.10 Å². The highest BCUT2D eigenvalue weighted by Gasteiger charge is 2.21. The minimum atomic E-state index is 0.396. The highest BCUT2D eigenvalue weighted by atomic mass is 35.5. The minimum absolute atomic E-state index is 0.396. The third kappa shape index (κ3) is 4.10. The van der Waals surface area contributed by atoms with E-state index in [-0.39, 0.29) is 0 Å². The van der Waals surface area contributed by atoms with Crippen LogP contribution in [0, 0.1) is 4.77 Å². The van der Waals surface area contributed by atoms with E-state index in [1.54, 1.807) is 24.1 Å². The molecule has 1 aromatic carbocycles. The molecule has 0 bridgehead atoms. The van der Waals surface area contributed by atoms with Gasteiger partial charge in [0.15, 0.2) is 17.3 Å². The van der Waals surface area contributed by atoms with Crippen molar-refractivity contribution in [1.82, 2.24) is 14.9 Å². The molecule has 0 amide bonds. The summed E-state index contributed by atoms with van der Waals surface area (Å²) in [6.07, 6.45) is 7.69. The molecular formula is C18H23ClN4O2S. The number of H-pyrrole nitrogens is 1. The lowest BCUT2D eigenvalue weighted by Crippen LogP contribution is -2.10. The van der Waals surface area contributed by atoms with Gasteiger partial charge in [-0.05, 0) is 49.7 Å². The van der Waals surface area contributed by atoms with Crippen molar-refractivity contribution in [2.45, 2.75) is 44.9 Å². The van der Waals surface area contributed by atoms with Gasteiger partial charge in [0.05, 0.1) is 25.0 Å². The van der Waals surface area contributed by atoms with E-state index in [9.17, 15) is 0 Å². The second kappa shape index (κ2) is 8.68. The Labute approximate surface area is 163 Å². The van der Waals surface area contributed by atoms with Crippen LogP contribution in [0.2, 0.25) is 5.02 Å². The first-order valence-electron chi connectivity index (χ1n) is 8.86. The molecule has 1 aliphatic rings. The molecule has 1 aromatic heterocycles. The number of hydrogen-bond acceptors (Lipinski definition) is 5. The Balaban J connectivity index is 1.91. The van der Waals surface area contributed by atoms with Gasteiger partial charge in [0.25, 0.3) is 0 Å². The van der Waals surface area contributed by atoms with E-state index in [1.165, 1.54) is 19.3 Å². The quantitative estimate of drug-likeness (QED) is 0.557. The zero-order valence-corrected chi connectivity index (χ0v) is 16.6. The van der Waals surface area contributed by atoms with Crippen molar-refractivity contribution < 1.29 is 9.47 Å². The lowest BCUT2D eigenvalue weighted by atomic mass is 9.89. The van der Waals surface area contributed by atoms with Crippen LogP contribution < -0.4 is 9.47 Å². The molecule has 26 heavy (non-hydrogen) atoms. The highest BCUT2D eigenvalue weighted by Crippen LogP contribution is 2.36. The van der Waals surface area contributed by atoms with Crippen molar-refractivity contribution in [2.24, 2.45) is 5.10 Å². The molecule has 0 aliphatic heterocycles. The predicted octanol–water partition coefficient (Wildman–Crippen LogP) is 4.93. The van der Waals surface area contributed by atoms with Crippen molar-refractivity contribution in [3.63, 3.8) is 0 Å². The molecule has 1 fully saturated rings. The molecule has 0 saturated heterocycles. The number of ether oxygens (including phenoxy) is 2. The Hall–Kier alpha value is -1.86. The van der Waals surface area contributed by atoms with Crippen molar-refractivity contribution in [1.29, 1.82) is 0 Å². The van der Waals surface area contributed by atoms with Gasteiger partial charge in [0, 0.05) is 5.92 Å². The number of hydrogen-bond donors (Lipinski definition) is 1. The fourth-order valence-electron chi connectivity index (χ4n) is 3.29. The van der Waals surface area contributed by atoms with Crippen LogP contribution in [0.4, 0.5) is 0 Å². The smallest absolute Gasteiger partial charge is 0.216 e. The Morgan fingerprint density at radius 2 is 2.15 bits per heavy atom. The Kier molecular flexibility index (Phi) is 6.32. The van der Waals surface area contributed by atoms with Crippen molar-refractivity contribution in [3.05, 3.63) is 33.3 Å². The zero-order chi connectivity index (χ0) is 18.5. The highest BCUT2D eigenvalue weighted by molar-refractivity contribution is 7.71. The van der Waals surface area contributed by atoms with Crippen LogP contribution in [0.1, 0.15) is 56.3 Å². The fourth-order valence-corrected chi connectivity index (χ4v) is 3.77. The Bertz CT molecular complexity index is 840. The lowest BCUT2D eigenvalue weighted by molar-refractivity contribution is 0.311. The molecule has 6 nitrogen and oxygen atoms in total. The zero-order valence-electron chi connectivity index (χ0n) is 15.0. The molecule has 140 valence electrons. The molecule has 2 aromatic rings. The van der Waals surface area contributed by atoms with Crippen LogP contribution in [-0.4, -0.2) is 34.8 Å². The van der Waals surface area contributed by atoms with E-state index < -0.39 is 0 Å². The summed E-state index contributed by atoms with van der Waals surface area (Å²) in [6.45, 7) is 2.43. The molecular weight excluding hydrogens is 372 g/mol. The molecule has 8 heteroatoms. The van der Waals surface area contributed by atoms with Gasteiger partial charge in [-0.15, -0.1) is 0 Å². The van der Waals surface area contributed by atoms with E-state index >= 15 is 0 Å². The van der Waals surface area contributed by atoms with Gasteiger partial charge in [-0.25, -0.2) is 0 Å². The third-order valence-corrected chi connectivity index (χ3v) is 5.05. The number of halogens is 1. The number of methoxy groups -OCH3 is 1. The van der Waals surface area contributed by atoms with Crippen LogP contribution in [0.25, 0.3) is 0 Å². The molecule has 1 saturated carbocycles. The number of aromatic amines is 1. The summed E-state index contributed by atoms with van der Waals surface area (Å²) in [5.74, 6) is 2.41. The molecule has 1 N–H and O–H groups in total. The van der Waals surface area contributed by atoms with Crippen LogP contribution in [0.5, 0.6) is 11.5 Å². The first kappa shape index (κ1) is 18.9. The van der Waals surface area contributed by atoms with Crippen molar-refractivity contribution >= 4 is 30.0 Å². The topological polar surface area (TPSA) is 64.4 Å². The molecule has 1 aliphatic carbocycles. The maximum absolute atomic E-state index is 6.30.